The van der Waals surface area contributed by atoms with Crippen molar-refractivity contribution in [2.45, 2.75) is 19.6 Å². The summed E-state index contributed by atoms with van der Waals surface area (Å²) in [5.41, 5.74) is 4.27. The lowest BCUT2D eigenvalue weighted by molar-refractivity contribution is 0.306. The van der Waals surface area contributed by atoms with Crippen LogP contribution in [0, 0.1) is 5.82 Å². The number of aromatic nitrogens is 2. The van der Waals surface area contributed by atoms with Crippen molar-refractivity contribution in [1.29, 1.82) is 0 Å². The van der Waals surface area contributed by atoms with Gasteiger partial charge in [0.25, 0.3) is 0 Å². The van der Waals surface area contributed by atoms with Crippen LogP contribution in [0.4, 0.5) is 4.39 Å². The van der Waals surface area contributed by atoms with Gasteiger partial charge in [-0.25, -0.2) is 9.37 Å². The van der Waals surface area contributed by atoms with Gasteiger partial charge in [0, 0.05) is 6.54 Å². The van der Waals surface area contributed by atoms with E-state index in [2.05, 4.69) is 27.8 Å². The highest BCUT2D eigenvalue weighted by atomic mass is 19.1. The van der Waals surface area contributed by atoms with Crippen LogP contribution in [0.1, 0.15) is 17.5 Å². The number of imidazole rings is 1. The molecule has 1 aromatic heterocycles. The number of benzene rings is 3. The van der Waals surface area contributed by atoms with E-state index in [0.29, 0.717) is 6.61 Å². The van der Waals surface area contributed by atoms with E-state index in [-0.39, 0.29) is 5.82 Å². The Morgan fingerprint density at radius 2 is 1.71 bits per heavy atom. The molecule has 0 aliphatic carbocycles. The summed E-state index contributed by atoms with van der Waals surface area (Å²) in [6.07, 6.45) is 7.11. The van der Waals surface area contributed by atoms with Crippen LogP contribution in [0.3, 0.4) is 0 Å². The Morgan fingerprint density at radius 1 is 0.929 bits per heavy atom. The minimum absolute atomic E-state index is 0.235. The quantitative estimate of drug-likeness (QED) is 0.406. The van der Waals surface area contributed by atoms with Crippen molar-refractivity contribution in [3.05, 3.63) is 102 Å². The smallest absolute Gasteiger partial charge is 0.123 e. The van der Waals surface area contributed by atoms with Crippen molar-refractivity contribution < 1.29 is 9.13 Å². The van der Waals surface area contributed by atoms with Gasteiger partial charge in [-0.2, -0.15) is 0 Å². The number of halogens is 1. The van der Waals surface area contributed by atoms with Crippen LogP contribution in [0.25, 0.3) is 17.1 Å². The van der Waals surface area contributed by atoms with Gasteiger partial charge in [-0.05, 0) is 53.9 Å². The summed E-state index contributed by atoms with van der Waals surface area (Å²) in [5.74, 6) is 0.562. The SMILES string of the molecule is Fc1ccc(COc2ccc(/C=C/CCn3cnc4ccccc43)cc2)cc1. The molecule has 0 amide bonds. The van der Waals surface area contributed by atoms with Crippen LogP contribution < -0.4 is 4.74 Å². The molecule has 0 atom stereocenters. The molecule has 0 N–H and O–H groups in total. The minimum Gasteiger partial charge on any atom is -0.489 e. The summed E-state index contributed by atoms with van der Waals surface area (Å²) < 4.78 is 20.8. The number of ether oxygens (including phenoxy) is 1. The lowest BCUT2D eigenvalue weighted by Gasteiger charge is -2.06. The Kier molecular flexibility index (Phi) is 5.48. The summed E-state index contributed by atoms with van der Waals surface area (Å²) in [6, 6.07) is 22.5. The molecular formula is C24H21FN2O. The molecular weight excluding hydrogens is 351 g/mol. The molecule has 0 saturated carbocycles. The molecule has 0 aliphatic heterocycles. The highest BCUT2D eigenvalue weighted by molar-refractivity contribution is 5.74. The van der Waals surface area contributed by atoms with Gasteiger partial charge in [0.2, 0.25) is 0 Å². The molecule has 3 aromatic carbocycles. The fourth-order valence-corrected chi connectivity index (χ4v) is 3.04. The fourth-order valence-electron chi connectivity index (χ4n) is 3.04. The monoisotopic (exact) mass is 372 g/mol. The van der Waals surface area contributed by atoms with Crippen molar-refractivity contribution in [2.24, 2.45) is 0 Å². The largest absolute Gasteiger partial charge is 0.489 e. The van der Waals surface area contributed by atoms with E-state index in [1.807, 2.05) is 48.8 Å². The zero-order chi connectivity index (χ0) is 19.2. The summed E-state index contributed by atoms with van der Waals surface area (Å²) in [4.78, 5) is 4.42. The van der Waals surface area contributed by atoms with Gasteiger partial charge in [-0.3, -0.25) is 0 Å². The molecule has 0 spiro atoms. The van der Waals surface area contributed by atoms with Gasteiger partial charge < -0.3 is 9.30 Å². The number of nitrogens with zero attached hydrogens (tertiary/aromatic N) is 2. The summed E-state index contributed by atoms with van der Waals surface area (Å²) in [5, 5.41) is 0. The molecule has 0 unspecified atom stereocenters. The number of hydrogen-bond donors (Lipinski definition) is 0. The van der Waals surface area contributed by atoms with Crippen LogP contribution in [-0.4, -0.2) is 9.55 Å². The first-order valence-corrected chi connectivity index (χ1v) is 9.32. The summed E-state index contributed by atoms with van der Waals surface area (Å²) in [6.45, 7) is 1.32. The predicted molar refractivity (Wildman–Crippen MR) is 111 cm³/mol. The number of para-hydroxylation sites is 2. The van der Waals surface area contributed by atoms with Crippen LogP contribution >= 0.6 is 0 Å². The number of rotatable bonds is 7. The molecule has 4 heteroatoms. The molecule has 0 radical (unpaired) electrons. The molecule has 28 heavy (non-hydrogen) atoms. The van der Waals surface area contributed by atoms with Crippen LogP contribution in [0.5, 0.6) is 5.75 Å². The minimum atomic E-state index is -0.235. The molecule has 0 fully saturated rings. The number of fused-ring (bicyclic) bond motifs is 1. The molecule has 4 aromatic rings. The van der Waals surface area contributed by atoms with Gasteiger partial charge in [0.05, 0.1) is 17.4 Å². The Labute approximate surface area is 163 Å². The van der Waals surface area contributed by atoms with Gasteiger partial charge in [-0.15, -0.1) is 0 Å². The second-order valence-corrected chi connectivity index (χ2v) is 6.60. The number of hydrogen-bond acceptors (Lipinski definition) is 2. The van der Waals surface area contributed by atoms with E-state index in [0.717, 1.165) is 35.4 Å². The van der Waals surface area contributed by atoms with Gasteiger partial charge in [-0.1, -0.05) is 48.6 Å². The Hall–Kier alpha value is -3.40. The van der Waals surface area contributed by atoms with Crippen LogP contribution in [-0.2, 0) is 13.2 Å². The molecule has 140 valence electrons. The first-order chi connectivity index (χ1) is 13.8. The summed E-state index contributed by atoms with van der Waals surface area (Å²) >= 11 is 0. The lowest BCUT2D eigenvalue weighted by Crippen LogP contribution is -1.95. The lowest BCUT2D eigenvalue weighted by atomic mass is 10.2. The van der Waals surface area contributed by atoms with E-state index in [1.165, 1.54) is 17.6 Å². The van der Waals surface area contributed by atoms with Crippen LogP contribution in [0.15, 0.2) is 85.2 Å². The van der Waals surface area contributed by atoms with E-state index in [9.17, 15) is 4.39 Å². The Balaban J connectivity index is 1.28. The van der Waals surface area contributed by atoms with Crippen molar-refractivity contribution in [2.75, 3.05) is 0 Å². The van der Waals surface area contributed by atoms with Crippen molar-refractivity contribution in [1.82, 2.24) is 9.55 Å². The third-order valence-electron chi connectivity index (χ3n) is 4.57. The van der Waals surface area contributed by atoms with Crippen molar-refractivity contribution in [3.8, 4) is 5.75 Å². The van der Waals surface area contributed by atoms with E-state index in [1.54, 1.807) is 12.1 Å². The highest BCUT2D eigenvalue weighted by Gasteiger charge is 2.00. The molecule has 3 nitrogen and oxygen atoms in total. The first-order valence-electron chi connectivity index (χ1n) is 9.32. The third kappa shape index (κ3) is 4.46. The number of aryl methyl sites for hydroxylation is 1. The zero-order valence-electron chi connectivity index (χ0n) is 15.5. The zero-order valence-corrected chi connectivity index (χ0v) is 15.5. The normalized spacial score (nSPS) is 11.3. The molecule has 0 bridgehead atoms. The molecule has 4 rings (SSSR count). The second kappa shape index (κ2) is 8.53. The molecule has 0 aliphatic rings. The van der Waals surface area contributed by atoms with Crippen molar-refractivity contribution >= 4 is 17.1 Å². The van der Waals surface area contributed by atoms with E-state index >= 15 is 0 Å². The van der Waals surface area contributed by atoms with Gasteiger partial charge >= 0.3 is 0 Å². The molecule has 0 saturated heterocycles. The third-order valence-corrected chi connectivity index (χ3v) is 4.57. The summed E-state index contributed by atoms with van der Waals surface area (Å²) in [7, 11) is 0. The highest BCUT2D eigenvalue weighted by Crippen LogP contribution is 2.16. The van der Waals surface area contributed by atoms with Gasteiger partial charge in [0.15, 0.2) is 0 Å². The van der Waals surface area contributed by atoms with E-state index < -0.39 is 0 Å². The van der Waals surface area contributed by atoms with Crippen molar-refractivity contribution in [3.63, 3.8) is 0 Å². The Bertz CT molecular complexity index is 1070. The maximum Gasteiger partial charge on any atom is 0.123 e. The maximum atomic E-state index is 12.9. The van der Waals surface area contributed by atoms with Gasteiger partial charge in [0.1, 0.15) is 18.2 Å². The topological polar surface area (TPSA) is 27.1 Å². The van der Waals surface area contributed by atoms with E-state index in [4.69, 9.17) is 4.74 Å². The predicted octanol–water partition coefficient (Wildman–Crippen LogP) is 5.86. The van der Waals surface area contributed by atoms with Crippen LogP contribution in [0.2, 0.25) is 0 Å². The average molecular weight is 372 g/mol. The number of allylic oxidation sites excluding steroid dienone is 1. The standard InChI is InChI=1S/C24H21FN2O/c25-21-12-8-20(9-13-21)17-28-22-14-10-19(11-15-22)5-3-4-16-27-18-26-23-6-1-2-7-24(23)27/h1-3,5-15,18H,4,16-17H2/b5-3+. The fraction of sp³-hybridized carbons (Fsp3) is 0.125. The first kappa shape index (κ1) is 18.0. The maximum absolute atomic E-state index is 12.9. The average Bonchev–Trinajstić information content (AvgIpc) is 3.15. The second-order valence-electron chi connectivity index (χ2n) is 6.60. The molecule has 1 heterocycles. The Morgan fingerprint density at radius 3 is 2.54 bits per heavy atom.